The molecule has 0 radical (unpaired) electrons. The van der Waals surface area contributed by atoms with E-state index in [9.17, 15) is 4.79 Å². The number of likely N-dealkylation sites (tertiary alicyclic amines) is 1. The van der Waals surface area contributed by atoms with Crippen LogP contribution in [-0.4, -0.2) is 29.1 Å². The van der Waals surface area contributed by atoms with E-state index in [2.05, 4.69) is 25.8 Å². The van der Waals surface area contributed by atoms with Gasteiger partial charge in [-0.15, -0.1) is 0 Å². The molecule has 0 unspecified atom stereocenters. The van der Waals surface area contributed by atoms with Gasteiger partial charge in [0.05, 0.1) is 4.91 Å². The van der Waals surface area contributed by atoms with Crippen LogP contribution in [0.15, 0.2) is 55.2 Å². The van der Waals surface area contributed by atoms with Gasteiger partial charge in [-0.25, -0.2) is 0 Å². The molecular formula is C19H17BrN2O2S. The smallest absolute Gasteiger partial charge is 0.286 e. The third-order valence-electron chi connectivity index (χ3n) is 4.25. The minimum absolute atomic E-state index is 0.175. The van der Waals surface area contributed by atoms with Gasteiger partial charge >= 0.3 is 0 Å². The number of nitrogens with zero attached hydrogens (tertiary/aromatic N) is 2. The second-order valence-corrected chi connectivity index (χ2v) is 8.00. The molecule has 3 heterocycles. The average molecular weight is 417 g/mol. The van der Waals surface area contributed by atoms with Crippen molar-refractivity contribution in [3.63, 3.8) is 0 Å². The fourth-order valence-corrected chi connectivity index (χ4v) is 4.32. The summed E-state index contributed by atoms with van der Waals surface area (Å²) in [7, 11) is 0. The third-order valence-corrected chi connectivity index (χ3v) is 5.78. The summed E-state index contributed by atoms with van der Waals surface area (Å²) in [6.07, 6.45) is 5.38. The molecule has 2 aliphatic rings. The lowest BCUT2D eigenvalue weighted by Crippen LogP contribution is -2.33. The Hall–Kier alpha value is -1.79. The lowest BCUT2D eigenvalue weighted by atomic mass is 10.1. The maximum absolute atomic E-state index is 12.2. The molecule has 0 bridgehead atoms. The Morgan fingerprint density at radius 1 is 1.16 bits per heavy atom. The van der Waals surface area contributed by atoms with Gasteiger partial charge in [-0.3, -0.25) is 4.79 Å². The highest BCUT2D eigenvalue weighted by Gasteiger charge is 2.27. The summed E-state index contributed by atoms with van der Waals surface area (Å²) >= 11 is 4.92. The zero-order valence-corrected chi connectivity index (χ0v) is 16.0. The van der Waals surface area contributed by atoms with Gasteiger partial charge in [0.2, 0.25) is 0 Å². The molecule has 1 saturated heterocycles. The van der Waals surface area contributed by atoms with E-state index in [1.165, 1.54) is 31.0 Å². The van der Waals surface area contributed by atoms with Crippen molar-refractivity contribution in [2.45, 2.75) is 19.3 Å². The first-order valence-corrected chi connectivity index (χ1v) is 9.93. The van der Waals surface area contributed by atoms with E-state index in [1.54, 1.807) is 6.08 Å². The van der Waals surface area contributed by atoms with Gasteiger partial charge in [0.1, 0.15) is 11.5 Å². The van der Waals surface area contributed by atoms with Crippen LogP contribution in [0, 0.1) is 0 Å². The maximum atomic E-state index is 12.2. The molecule has 128 valence electrons. The second kappa shape index (κ2) is 7.22. The number of piperidine rings is 1. The molecule has 4 nitrogen and oxygen atoms in total. The Kier molecular flexibility index (Phi) is 4.81. The van der Waals surface area contributed by atoms with Crippen molar-refractivity contribution in [3.8, 4) is 11.3 Å². The van der Waals surface area contributed by atoms with Gasteiger partial charge < -0.3 is 9.32 Å². The molecule has 2 aliphatic heterocycles. The van der Waals surface area contributed by atoms with Gasteiger partial charge in [-0.1, -0.05) is 28.1 Å². The van der Waals surface area contributed by atoms with Crippen LogP contribution in [0.3, 0.4) is 0 Å². The maximum Gasteiger partial charge on any atom is 0.286 e. The summed E-state index contributed by atoms with van der Waals surface area (Å²) in [5.74, 6) is 1.27. The standard InChI is InChI=1S/C19H17BrN2O2S/c20-14-6-4-5-13(11-14)16-8-7-15(24-16)12-17-18(23)21-19(25-17)22-9-2-1-3-10-22/h4-8,11-12H,1-3,9-10H2/b17-12+. The monoisotopic (exact) mass is 416 g/mol. The predicted octanol–water partition coefficient (Wildman–Crippen LogP) is 5.17. The Morgan fingerprint density at radius 3 is 2.80 bits per heavy atom. The molecule has 2 aromatic rings. The van der Waals surface area contributed by atoms with Crippen molar-refractivity contribution in [1.29, 1.82) is 0 Å². The Morgan fingerprint density at radius 2 is 2.00 bits per heavy atom. The number of hydrogen-bond donors (Lipinski definition) is 0. The van der Waals surface area contributed by atoms with Gasteiger partial charge in [0.15, 0.2) is 5.17 Å². The van der Waals surface area contributed by atoms with Crippen molar-refractivity contribution in [3.05, 3.63) is 51.5 Å². The Balaban J connectivity index is 1.51. The van der Waals surface area contributed by atoms with Gasteiger partial charge in [-0.05, 0) is 55.3 Å². The number of thioether (sulfide) groups is 1. The van der Waals surface area contributed by atoms with Gasteiger partial charge in [0.25, 0.3) is 5.91 Å². The average Bonchev–Trinajstić information content (AvgIpc) is 3.24. The number of aliphatic imine (C=N–C) groups is 1. The lowest BCUT2D eigenvalue weighted by Gasteiger charge is -2.27. The van der Waals surface area contributed by atoms with E-state index >= 15 is 0 Å². The van der Waals surface area contributed by atoms with E-state index in [0.29, 0.717) is 10.7 Å². The number of carbonyl (C=O) groups is 1. The van der Waals surface area contributed by atoms with Gasteiger partial charge in [0, 0.05) is 29.2 Å². The first-order chi connectivity index (χ1) is 12.2. The molecule has 1 aromatic carbocycles. The molecule has 1 fully saturated rings. The third kappa shape index (κ3) is 3.75. The topological polar surface area (TPSA) is 45.8 Å². The number of furan rings is 1. The van der Waals surface area contributed by atoms with Crippen molar-refractivity contribution >= 4 is 44.8 Å². The van der Waals surface area contributed by atoms with Crippen LogP contribution in [0.2, 0.25) is 0 Å². The highest BCUT2D eigenvalue weighted by Crippen LogP contribution is 2.33. The molecule has 6 heteroatoms. The number of halogens is 1. The van der Waals surface area contributed by atoms with Crippen LogP contribution in [0.4, 0.5) is 0 Å². The molecule has 0 atom stereocenters. The number of carbonyl (C=O) groups excluding carboxylic acids is 1. The number of amidine groups is 1. The summed E-state index contributed by atoms with van der Waals surface area (Å²) < 4.78 is 6.89. The molecule has 4 rings (SSSR count). The first-order valence-electron chi connectivity index (χ1n) is 8.32. The zero-order valence-electron chi connectivity index (χ0n) is 13.6. The molecule has 1 aromatic heterocycles. The SMILES string of the molecule is O=C1N=C(N2CCCCC2)S/C1=C/c1ccc(-c2cccc(Br)c2)o1. The fraction of sp³-hybridized carbons (Fsp3) is 0.263. The van der Waals surface area contributed by atoms with E-state index in [1.807, 2.05) is 36.4 Å². The summed E-state index contributed by atoms with van der Waals surface area (Å²) in [6, 6.07) is 11.7. The summed E-state index contributed by atoms with van der Waals surface area (Å²) in [6.45, 7) is 1.97. The molecule has 0 aliphatic carbocycles. The predicted molar refractivity (Wildman–Crippen MR) is 105 cm³/mol. The van der Waals surface area contributed by atoms with Crippen molar-refractivity contribution in [2.75, 3.05) is 13.1 Å². The number of benzene rings is 1. The minimum atomic E-state index is -0.175. The molecule has 0 N–H and O–H groups in total. The van der Waals surface area contributed by atoms with Crippen LogP contribution < -0.4 is 0 Å². The number of hydrogen-bond acceptors (Lipinski definition) is 4. The summed E-state index contributed by atoms with van der Waals surface area (Å²) in [5.41, 5.74) is 0.995. The van der Waals surface area contributed by atoms with Crippen molar-refractivity contribution in [1.82, 2.24) is 4.90 Å². The van der Waals surface area contributed by atoms with Gasteiger partial charge in [-0.2, -0.15) is 4.99 Å². The highest BCUT2D eigenvalue weighted by molar-refractivity contribution is 9.10. The van der Waals surface area contributed by atoms with Crippen LogP contribution in [0.1, 0.15) is 25.0 Å². The lowest BCUT2D eigenvalue weighted by molar-refractivity contribution is -0.113. The molecular weight excluding hydrogens is 400 g/mol. The second-order valence-electron chi connectivity index (χ2n) is 6.07. The molecule has 1 amide bonds. The van der Waals surface area contributed by atoms with Crippen LogP contribution in [-0.2, 0) is 4.79 Å². The Bertz CT molecular complexity index is 866. The Labute approximate surface area is 159 Å². The van der Waals surface area contributed by atoms with E-state index in [4.69, 9.17) is 4.42 Å². The highest BCUT2D eigenvalue weighted by atomic mass is 79.9. The largest absolute Gasteiger partial charge is 0.457 e. The van der Waals surface area contributed by atoms with Crippen LogP contribution >= 0.6 is 27.7 Å². The molecule has 0 spiro atoms. The van der Waals surface area contributed by atoms with E-state index in [0.717, 1.165) is 34.1 Å². The quantitative estimate of drug-likeness (QED) is 0.633. The van der Waals surface area contributed by atoms with E-state index in [-0.39, 0.29) is 5.91 Å². The molecule has 0 saturated carbocycles. The first kappa shape index (κ1) is 16.7. The zero-order chi connectivity index (χ0) is 17.2. The number of amides is 1. The minimum Gasteiger partial charge on any atom is -0.457 e. The van der Waals surface area contributed by atoms with E-state index < -0.39 is 0 Å². The van der Waals surface area contributed by atoms with Crippen molar-refractivity contribution < 1.29 is 9.21 Å². The fourth-order valence-electron chi connectivity index (χ4n) is 2.97. The van der Waals surface area contributed by atoms with Crippen LogP contribution in [0.5, 0.6) is 0 Å². The van der Waals surface area contributed by atoms with Crippen molar-refractivity contribution in [2.24, 2.45) is 4.99 Å². The van der Waals surface area contributed by atoms with Crippen LogP contribution in [0.25, 0.3) is 17.4 Å². The normalized spacial score (nSPS) is 19.6. The summed E-state index contributed by atoms with van der Waals surface area (Å²) in [5, 5.41) is 0.828. The molecule has 25 heavy (non-hydrogen) atoms. The number of rotatable bonds is 2. The summed E-state index contributed by atoms with van der Waals surface area (Å²) in [4.78, 5) is 19.3.